The lowest BCUT2D eigenvalue weighted by atomic mass is 9.63. The number of fused-ring (bicyclic) bond motifs is 1. The third kappa shape index (κ3) is 3.58. The number of amides is 1. The number of aliphatic hydroxyl groups excluding tert-OH is 1. The van der Waals surface area contributed by atoms with Crippen LogP contribution in [0.2, 0.25) is 0 Å². The van der Waals surface area contributed by atoms with E-state index in [9.17, 15) is 9.90 Å². The van der Waals surface area contributed by atoms with Gasteiger partial charge in [0.1, 0.15) is 0 Å². The van der Waals surface area contributed by atoms with E-state index < -0.39 is 0 Å². The van der Waals surface area contributed by atoms with Gasteiger partial charge in [-0.05, 0) is 54.4 Å². The molecule has 0 aliphatic heterocycles. The van der Waals surface area contributed by atoms with Crippen LogP contribution in [0, 0.1) is 10.8 Å². The van der Waals surface area contributed by atoms with Crippen LogP contribution in [0.25, 0.3) is 10.9 Å². The van der Waals surface area contributed by atoms with Gasteiger partial charge in [-0.25, -0.2) is 0 Å². The van der Waals surface area contributed by atoms with Gasteiger partial charge in [-0.1, -0.05) is 20.8 Å². The van der Waals surface area contributed by atoms with Gasteiger partial charge in [0.05, 0.1) is 6.10 Å². The van der Waals surface area contributed by atoms with E-state index in [-0.39, 0.29) is 22.8 Å². The van der Waals surface area contributed by atoms with Crippen LogP contribution < -0.4 is 5.32 Å². The maximum Gasteiger partial charge on any atom is 0.251 e. The Kier molecular flexibility index (Phi) is 3.96. The van der Waals surface area contributed by atoms with Gasteiger partial charge in [0.2, 0.25) is 0 Å². The number of carbonyl (C=O) groups is 1. The highest BCUT2D eigenvalue weighted by Gasteiger charge is 2.40. The summed E-state index contributed by atoms with van der Waals surface area (Å²) in [5.41, 5.74) is 1.76. The maximum absolute atomic E-state index is 12.5. The fourth-order valence-electron chi connectivity index (χ4n) is 4.30. The summed E-state index contributed by atoms with van der Waals surface area (Å²) in [5.74, 6) is -0.0489. The van der Waals surface area contributed by atoms with Crippen LogP contribution in [0.3, 0.4) is 0 Å². The standard InChI is InChI=1S/C19H26N2O2/c1-18(2)9-15(22)10-19(3,11-18)12-21-17(23)14-4-5-16-13(8-14)6-7-20-16/h4-8,15,20,22H,9-12H2,1-3H3,(H,21,23). The van der Waals surface area contributed by atoms with Crippen LogP contribution in [0.1, 0.15) is 50.4 Å². The molecule has 1 aromatic heterocycles. The summed E-state index contributed by atoms with van der Waals surface area (Å²) in [7, 11) is 0. The first-order valence-corrected chi connectivity index (χ1v) is 8.30. The van der Waals surface area contributed by atoms with E-state index in [1.807, 2.05) is 30.5 Å². The quantitative estimate of drug-likeness (QED) is 0.812. The monoisotopic (exact) mass is 314 g/mol. The molecule has 124 valence electrons. The third-order valence-corrected chi connectivity index (χ3v) is 4.91. The molecule has 3 rings (SSSR count). The number of hydrogen-bond donors (Lipinski definition) is 3. The Morgan fingerprint density at radius 2 is 2.09 bits per heavy atom. The van der Waals surface area contributed by atoms with Gasteiger partial charge in [0.15, 0.2) is 0 Å². The van der Waals surface area contributed by atoms with Crippen LogP contribution in [-0.4, -0.2) is 28.6 Å². The SMILES string of the molecule is CC1(C)CC(O)CC(C)(CNC(=O)c2ccc3[nH]ccc3c2)C1. The highest BCUT2D eigenvalue weighted by atomic mass is 16.3. The van der Waals surface area contributed by atoms with Gasteiger partial charge in [0, 0.05) is 29.2 Å². The largest absolute Gasteiger partial charge is 0.393 e. The second-order valence-corrected chi connectivity index (χ2v) is 8.18. The molecule has 2 atom stereocenters. The number of hydrogen-bond acceptors (Lipinski definition) is 2. The van der Waals surface area contributed by atoms with Crippen molar-refractivity contribution in [2.75, 3.05) is 6.54 Å². The number of carbonyl (C=O) groups excluding carboxylic acids is 1. The number of benzene rings is 1. The minimum Gasteiger partial charge on any atom is -0.393 e. The molecule has 0 saturated heterocycles. The van der Waals surface area contributed by atoms with Crippen molar-refractivity contribution in [3.05, 3.63) is 36.0 Å². The predicted octanol–water partition coefficient (Wildman–Crippen LogP) is 3.48. The summed E-state index contributed by atoms with van der Waals surface area (Å²) in [6.45, 7) is 7.13. The number of H-pyrrole nitrogens is 1. The summed E-state index contributed by atoms with van der Waals surface area (Å²) in [4.78, 5) is 15.6. The molecular weight excluding hydrogens is 288 g/mol. The van der Waals surface area contributed by atoms with Crippen molar-refractivity contribution in [1.29, 1.82) is 0 Å². The van der Waals surface area contributed by atoms with E-state index in [0.29, 0.717) is 12.1 Å². The molecule has 1 amide bonds. The lowest BCUT2D eigenvalue weighted by Crippen LogP contribution is -2.45. The molecule has 4 nitrogen and oxygen atoms in total. The summed E-state index contributed by atoms with van der Waals surface area (Å²) in [6, 6.07) is 7.65. The number of nitrogens with one attached hydrogen (secondary N) is 2. The molecule has 1 aliphatic rings. The fraction of sp³-hybridized carbons (Fsp3) is 0.526. The average Bonchev–Trinajstić information content (AvgIpc) is 2.89. The van der Waals surface area contributed by atoms with E-state index in [4.69, 9.17) is 0 Å². The molecule has 23 heavy (non-hydrogen) atoms. The molecule has 4 heteroatoms. The molecule has 1 saturated carbocycles. The van der Waals surface area contributed by atoms with Gasteiger partial charge < -0.3 is 15.4 Å². The Balaban J connectivity index is 1.68. The van der Waals surface area contributed by atoms with Gasteiger partial charge in [-0.15, -0.1) is 0 Å². The maximum atomic E-state index is 12.5. The number of rotatable bonds is 3. The fourth-order valence-corrected chi connectivity index (χ4v) is 4.30. The summed E-state index contributed by atoms with van der Waals surface area (Å²) in [6.07, 6.45) is 4.18. The van der Waals surface area contributed by atoms with Crippen LogP contribution in [0.5, 0.6) is 0 Å². The molecule has 1 heterocycles. The van der Waals surface area contributed by atoms with Crippen molar-refractivity contribution < 1.29 is 9.90 Å². The second-order valence-electron chi connectivity index (χ2n) is 8.18. The molecule has 1 aliphatic carbocycles. The van der Waals surface area contributed by atoms with Crippen molar-refractivity contribution in [3.63, 3.8) is 0 Å². The Hall–Kier alpha value is -1.81. The van der Waals surface area contributed by atoms with Crippen molar-refractivity contribution in [3.8, 4) is 0 Å². The average molecular weight is 314 g/mol. The van der Waals surface area contributed by atoms with Gasteiger partial charge in [0.25, 0.3) is 5.91 Å². The number of aromatic amines is 1. The van der Waals surface area contributed by atoms with Crippen molar-refractivity contribution in [2.24, 2.45) is 10.8 Å². The highest BCUT2D eigenvalue weighted by molar-refractivity contribution is 5.98. The van der Waals surface area contributed by atoms with E-state index in [1.165, 1.54) is 0 Å². The Bertz CT molecular complexity index is 719. The molecule has 2 aromatic rings. The smallest absolute Gasteiger partial charge is 0.251 e. The molecule has 0 spiro atoms. The van der Waals surface area contributed by atoms with Gasteiger partial charge in [-0.2, -0.15) is 0 Å². The summed E-state index contributed by atoms with van der Waals surface area (Å²) >= 11 is 0. The van der Waals surface area contributed by atoms with Gasteiger partial charge >= 0.3 is 0 Å². The molecule has 0 radical (unpaired) electrons. The van der Waals surface area contributed by atoms with Crippen LogP contribution in [-0.2, 0) is 0 Å². The van der Waals surface area contributed by atoms with Crippen LogP contribution in [0.15, 0.2) is 30.5 Å². The second kappa shape index (κ2) is 5.68. The summed E-state index contributed by atoms with van der Waals surface area (Å²) in [5, 5.41) is 14.2. The molecule has 3 N–H and O–H groups in total. The predicted molar refractivity (Wildman–Crippen MR) is 92.4 cm³/mol. The first kappa shape index (κ1) is 16.1. The van der Waals surface area contributed by atoms with Gasteiger partial charge in [-0.3, -0.25) is 4.79 Å². The van der Waals surface area contributed by atoms with E-state index >= 15 is 0 Å². The van der Waals surface area contributed by atoms with Crippen molar-refractivity contribution in [1.82, 2.24) is 10.3 Å². The van der Waals surface area contributed by atoms with E-state index in [1.54, 1.807) is 0 Å². The molecule has 0 bridgehead atoms. The zero-order chi connectivity index (χ0) is 16.7. The first-order valence-electron chi connectivity index (χ1n) is 8.30. The number of aliphatic hydroxyl groups is 1. The first-order chi connectivity index (χ1) is 10.8. The minimum absolute atomic E-state index is 0.0489. The number of aromatic nitrogens is 1. The van der Waals surface area contributed by atoms with Crippen molar-refractivity contribution >= 4 is 16.8 Å². The molecule has 1 aromatic carbocycles. The zero-order valence-corrected chi connectivity index (χ0v) is 14.1. The molecule has 1 fully saturated rings. The normalized spacial score (nSPS) is 27.0. The Morgan fingerprint density at radius 1 is 1.30 bits per heavy atom. The van der Waals surface area contributed by atoms with E-state index in [2.05, 4.69) is 31.1 Å². The van der Waals surface area contributed by atoms with E-state index in [0.717, 1.165) is 30.2 Å². The molecular formula is C19H26N2O2. The Morgan fingerprint density at radius 3 is 2.83 bits per heavy atom. The van der Waals surface area contributed by atoms with Crippen LogP contribution in [0.4, 0.5) is 0 Å². The summed E-state index contributed by atoms with van der Waals surface area (Å²) < 4.78 is 0. The Labute approximate surface area is 137 Å². The lowest BCUT2D eigenvalue weighted by molar-refractivity contribution is -0.00839. The molecule has 2 unspecified atom stereocenters. The zero-order valence-electron chi connectivity index (χ0n) is 14.1. The van der Waals surface area contributed by atoms with Crippen LogP contribution >= 0.6 is 0 Å². The lowest BCUT2D eigenvalue weighted by Gasteiger charge is -2.45. The van der Waals surface area contributed by atoms with Crippen molar-refractivity contribution in [2.45, 2.75) is 46.1 Å². The highest BCUT2D eigenvalue weighted by Crippen LogP contribution is 2.45. The minimum atomic E-state index is -0.281. The topological polar surface area (TPSA) is 65.1 Å². The third-order valence-electron chi connectivity index (χ3n) is 4.91.